The highest BCUT2D eigenvalue weighted by Gasteiger charge is 2.35. The number of halogens is 1. The van der Waals surface area contributed by atoms with Crippen LogP contribution in [0.1, 0.15) is 45.2 Å². The van der Waals surface area contributed by atoms with Gasteiger partial charge in [0, 0.05) is 53.4 Å². The van der Waals surface area contributed by atoms with Crippen LogP contribution in [0.25, 0.3) is 10.9 Å². The molecule has 39 heavy (non-hydrogen) atoms. The molecule has 1 N–H and O–H groups in total. The average molecular weight is 544 g/mol. The SMILES string of the molecule is Cc1ccc(C(=O)N2CCc3c([nH]c4ccc(Cl)cc34)C2c2ccc(OCCCN3CCOCC3)cc2)cc1. The lowest BCUT2D eigenvalue weighted by Crippen LogP contribution is -2.40. The van der Waals surface area contributed by atoms with Crippen molar-refractivity contribution < 1.29 is 14.3 Å². The second-order valence-corrected chi connectivity index (χ2v) is 10.9. The van der Waals surface area contributed by atoms with Gasteiger partial charge in [-0.05, 0) is 73.4 Å². The van der Waals surface area contributed by atoms with E-state index >= 15 is 0 Å². The number of nitrogens with zero attached hydrogens (tertiary/aromatic N) is 2. The van der Waals surface area contributed by atoms with Gasteiger partial charge in [0.2, 0.25) is 0 Å². The van der Waals surface area contributed by atoms with Crippen LogP contribution in [0, 0.1) is 6.92 Å². The third-order valence-corrected chi connectivity index (χ3v) is 8.07. The van der Waals surface area contributed by atoms with E-state index in [-0.39, 0.29) is 11.9 Å². The number of rotatable bonds is 7. The minimum absolute atomic E-state index is 0.0331. The zero-order chi connectivity index (χ0) is 26.8. The molecule has 0 aliphatic carbocycles. The summed E-state index contributed by atoms with van der Waals surface area (Å²) in [6.45, 7) is 7.98. The molecule has 4 aromatic rings. The van der Waals surface area contributed by atoms with Crippen LogP contribution < -0.4 is 4.74 Å². The van der Waals surface area contributed by atoms with Gasteiger partial charge in [0.05, 0.1) is 25.9 Å². The molecule has 1 saturated heterocycles. The van der Waals surface area contributed by atoms with Crippen molar-refractivity contribution in [2.45, 2.75) is 25.8 Å². The number of carbonyl (C=O) groups is 1. The van der Waals surface area contributed by atoms with Gasteiger partial charge >= 0.3 is 0 Å². The maximum absolute atomic E-state index is 13.8. The highest BCUT2D eigenvalue weighted by molar-refractivity contribution is 6.31. The van der Waals surface area contributed by atoms with Crippen LogP contribution in [0.4, 0.5) is 0 Å². The first-order chi connectivity index (χ1) is 19.1. The number of aryl methyl sites for hydroxylation is 1. The van der Waals surface area contributed by atoms with Crippen LogP contribution in [0.3, 0.4) is 0 Å². The van der Waals surface area contributed by atoms with Gasteiger partial charge in [0.25, 0.3) is 5.91 Å². The fourth-order valence-electron chi connectivity index (χ4n) is 5.74. The number of ether oxygens (including phenoxy) is 2. The molecule has 1 aromatic heterocycles. The average Bonchev–Trinajstić information content (AvgIpc) is 3.33. The minimum atomic E-state index is -0.232. The molecule has 6 nitrogen and oxygen atoms in total. The Labute approximate surface area is 234 Å². The Balaban J connectivity index is 1.25. The zero-order valence-corrected chi connectivity index (χ0v) is 23.0. The van der Waals surface area contributed by atoms with E-state index in [1.807, 2.05) is 66.4 Å². The number of H-pyrrole nitrogens is 1. The summed E-state index contributed by atoms with van der Waals surface area (Å²) >= 11 is 6.36. The van der Waals surface area contributed by atoms with Gasteiger partial charge in [0.1, 0.15) is 5.75 Å². The molecule has 0 bridgehead atoms. The Kier molecular flexibility index (Phi) is 7.60. The monoisotopic (exact) mass is 543 g/mol. The molecule has 0 saturated carbocycles. The molecule has 1 amide bonds. The molecule has 3 aromatic carbocycles. The van der Waals surface area contributed by atoms with Crippen molar-refractivity contribution in [2.75, 3.05) is 46.0 Å². The standard InChI is InChI=1S/C32H34ClN3O3/c1-22-3-5-24(6-4-22)32(37)36-15-13-27-28-21-25(33)9-12-29(28)34-30(27)31(36)23-7-10-26(11-8-23)39-18-2-14-35-16-19-38-20-17-35/h3-12,21,31,34H,2,13-20H2,1H3. The number of hydrogen-bond donors (Lipinski definition) is 1. The lowest BCUT2D eigenvalue weighted by molar-refractivity contribution is 0.0358. The van der Waals surface area contributed by atoms with E-state index < -0.39 is 0 Å². The second kappa shape index (κ2) is 11.4. The summed E-state index contributed by atoms with van der Waals surface area (Å²) in [5.74, 6) is 0.877. The Morgan fingerprint density at radius 1 is 1.03 bits per heavy atom. The van der Waals surface area contributed by atoms with Crippen molar-refractivity contribution in [3.63, 3.8) is 0 Å². The van der Waals surface area contributed by atoms with Gasteiger partial charge in [-0.3, -0.25) is 9.69 Å². The van der Waals surface area contributed by atoms with Crippen LogP contribution in [0.5, 0.6) is 5.75 Å². The summed E-state index contributed by atoms with van der Waals surface area (Å²) in [5.41, 5.74) is 6.21. The highest BCUT2D eigenvalue weighted by atomic mass is 35.5. The largest absolute Gasteiger partial charge is 0.494 e. The van der Waals surface area contributed by atoms with E-state index in [9.17, 15) is 4.79 Å². The van der Waals surface area contributed by atoms with Crippen LogP contribution in [0.2, 0.25) is 5.02 Å². The third-order valence-electron chi connectivity index (χ3n) is 7.84. The number of nitrogens with one attached hydrogen (secondary N) is 1. The van der Waals surface area contributed by atoms with Gasteiger partial charge in [-0.25, -0.2) is 0 Å². The summed E-state index contributed by atoms with van der Waals surface area (Å²) in [4.78, 5) is 21.8. The van der Waals surface area contributed by atoms with Crippen LogP contribution in [0.15, 0.2) is 66.7 Å². The fourth-order valence-corrected chi connectivity index (χ4v) is 5.91. The fraction of sp³-hybridized carbons (Fsp3) is 0.344. The summed E-state index contributed by atoms with van der Waals surface area (Å²) < 4.78 is 11.5. The molecule has 1 fully saturated rings. The lowest BCUT2D eigenvalue weighted by atomic mass is 9.91. The molecular formula is C32H34ClN3O3. The van der Waals surface area contributed by atoms with Gasteiger partial charge in [-0.2, -0.15) is 0 Å². The molecule has 0 radical (unpaired) electrons. The number of benzene rings is 3. The number of amides is 1. The Bertz CT molecular complexity index is 1440. The van der Waals surface area contributed by atoms with E-state index in [2.05, 4.69) is 22.0 Å². The number of carbonyl (C=O) groups excluding carboxylic acids is 1. The first kappa shape index (κ1) is 25.9. The zero-order valence-electron chi connectivity index (χ0n) is 22.3. The van der Waals surface area contributed by atoms with Crippen molar-refractivity contribution in [1.29, 1.82) is 0 Å². The predicted molar refractivity (Wildman–Crippen MR) is 155 cm³/mol. The van der Waals surface area contributed by atoms with Crippen molar-refractivity contribution in [3.8, 4) is 5.75 Å². The topological polar surface area (TPSA) is 57.8 Å². The van der Waals surface area contributed by atoms with Gasteiger partial charge in [-0.1, -0.05) is 41.4 Å². The summed E-state index contributed by atoms with van der Waals surface area (Å²) in [5, 5.41) is 1.85. The second-order valence-electron chi connectivity index (χ2n) is 10.4. The van der Waals surface area contributed by atoms with Crippen molar-refractivity contribution in [3.05, 3.63) is 99.7 Å². The number of aromatic nitrogens is 1. The van der Waals surface area contributed by atoms with Crippen molar-refractivity contribution in [2.24, 2.45) is 0 Å². The Morgan fingerprint density at radius 3 is 2.56 bits per heavy atom. The first-order valence-electron chi connectivity index (χ1n) is 13.8. The third kappa shape index (κ3) is 5.55. The molecule has 0 spiro atoms. The van der Waals surface area contributed by atoms with E-state index in [1.54, 1.807) is 0 Å². The highest BCUT2D eigenvalue weighted by Crippen LogP contribution is 2.40. The van der Waals surface area contributed by atoms with Crippen molar-refractivity contribution in [1.82, 2.24) is 14.8 Å². The number of hydrogen-bond acceptors (Lipinski definition) is 4. The smallest absolute Gasteiger partial charge is 0.254 e. The number of aromatic amines is 1. The van der Waals surface area contributed by atoms with Gasteiger partial charge in [-0.15, -0.1) is 0 Å². The molecule has 6 rings (SSSR count). The summed E-state index contributed by atoms with van der Waals surface area (Å²) in [7, 11) is 0. The normalized spacial score (nSPS) is 17.8. The molecule has 7 heteroatoms. The predicted octanol–water partition coefficient (Wildman–Crippen LogP) is 6.02. The molecule has 2 aliphatic rings. The number of morpholine rings is 1. The van der Waals surface area contributed by atoms with Gasteiger partial charge < -0.3 is 19.4 Å². The maximum Gasteiger partial charge on any atom is 0.254 e. The molecule has 1 unspecified atom stereocenters. The van der Waals surface area contributed by atoms with Crippen LogP contribution in [-0.4, -0.2) is 66.7 Å². The molecular weight excluding hydrogens is 510 g/mol. The quantitative estimate of drug-likeness (QED) is 0.290. The molecule has 3 heterocycles. The Hall–Kier alpha value is -3.32. The summed E-state index contributed by atoms with van der Waals surface area (Å²) in [6, 6.07) is 21.8. The Morgan fingerprint density at radius 2 is 1.79 bits per heavy atom. The minimum Gasteiger partial charge on any atom is -0.494 e. The maximum atomic E-state index is 13.8. The van der Waals surface area contributed by atoms with E-state index in [1.165, 1.54) is 5.56 Å². The first-order valence-corrected chi connectivity index (χ1v) is 14.1. The summed E-state index contributed by atoms with van der Waals surface area (Å²) in [6.07, 6.45) is 1.75. The van der Waals surface area contributed by atoms with Crippen molar-refractivity contribution >= 4 is 28.4 Å². The van der Waals surface area contributed by atoms with Crippen LogP contribution >= 0.6 is 11.6 Å². The van der Waals surface area contributed by atoms with E-state index in [0.717, 1.165) is 79.2 Å². The van der Waals surface area contributed by atoms with Crippen LogP contribution in [-0.2, 0) is 11.2 Å². The number of fused-ring (bicyclic) bond motifs is 3. The lowest BCUT2D eigenvalue weighted by Gasteiger charge is -2.36. The van der Waals surface area contributed by atoms with E-state index in [4.69, 9.17) is 21.1 Å². The molecule has 2 aliphatic heterocycles. The molecule has 202 valence electrons. The van der Waals surface area contributed by atoms with E-state index in [0.29, 0.717) is 23.7 Å². The van der Waals surface area contributed by atoms with Gasteiger partial charge in [0.15, 0.2) is 0 Å². The molecule has 1 atom stereocenters.